The Labute approximate surface area is 164 Å². The summed E-state index contributed by atoms with van der Waals surface area (Å²) < 4.78 is 0. The highest BCUT2D eigenvalue weighted by Crippen LogP contribution is 2.31. The summed E-state index contributed by atoms with van der Waals surface area (Å²) in [4.78, 5) is 41.3. The molecule has 2 aliphatic heterocycles. The second kappa shape index (κ2) is 7.11. The third-order valence-corrected chi connectivity index (χ3v) is 5.60. The number of likely N-dealkylation sites (tertiary alicyclic amines) is 1. The van der Waals surface area contributed by atoms with Crippen molar-refractivity contribution in [3.05, 3.63) is 71.3 Å². The predicted molar refractivity (Wildman–Crippen MR) is 105 cm³/mol. The molecule has 28 heavy (non-hydrogen) atoms. The molecule has 6 heteroatoms. The van der Waals surface area contributed by atoms with Crippen LogP contribution in [0.15, 0.2) is 54.6 Å². The summed E-state index contributed by atoms with van der Waals surface area (Å²) in [6, 6.07) is 16.6. The van der Waals surface area contributed by atoms with Crippen LogP contribution in [0.3, 0.4) is 0 Å². The number of carbonyl (C=O) groups excluding carboxylic acids is 3. The summed E-state index contributed by atoms with van der Waals surface area (Å²) in [6.07, 6.45) is 0.862. The quantitative estimate of drug-likeness (QED) is 0.836. The van der Waals surface area contributed by atoms with Gasteiger partial charge in [-0.15, -0.1) is 0 Å². The van der Waals surface area contributed by atoms with E-state index in [4.69, 9.17) is 0 Å². The zero-order chi connectivity index (χ0) is 19.7. The average Bonchev–Trinajstić information content (AvgIpc) is 2.93. The zero-order valence-corrected chi connectivity index (χ0v) is 15.9. The molecule has 4 rings (SSSR count). The summed E-state index contributed by atoms with van der Waals surface area (Å²) in [5.41, 5.74) is 1.71. The van der Waals surface area contributed by atoms with E-state index in [1.807, 2.05) is 61.5 Å². The van der Waals surface area contributed by atoms with Gasteiger partial charge in [0.1, 0.15) is 5.54 Å². The lowest BCUT2D eigenvalue weighted by Gasteiger charge is -2.37. The van der Waals surface area contributed by atoms with Gasteiger partial charge in [-0.3, -0.25) is 14.5 Å². The second-order valence-electron chi connectivity index (χ2n) is 7.55. The van der Waals surface area contributed by atoms with E-state index in [1.165, 1.54) is 4.90 Å². The van der Waals surface area contributed by atoms with Crippen LogP contribution in [0.25, 0.3) is 0 Å². The highest BCUT2D eigenvalue weighted by Gasteiger charge is 2.52. The molecule has 2 aromatic carbocycles. The van der Waals surface area contributed by atoms with Crippen molar-refractivity contribution < 1.29 is 14.4 Å². The van der Waals surface area contributed by atoms with Crippen LogP contribution in [-0.2, 0) is 11.3 Å². The third-order valence-electron chi connectivity index (χ3n) is 5.60. The molecule has 0 radical (unpaired) electrons. The Morgan fingerprint density at radius 3 is 2.43 bits per heavy atom. The number of aryl methyl sites for hydroxylation is 1. The highest BCUT2D eigenvalue weighted by molar-refractivity contribution is 6.07. The van der Waals surface area contributed by atoms with Crippen molar-refractivity contribution in [3.8, 4) is 0 Å². The van der Waals surface area contributed by atoms with Crippen LogP contribution in [0.5, 0.6) is 0 Å². The topological polar surface area (TPSA) is 69.7 Å². The van der Waals surface area contributed by atoms with Gasteiger partial charge < -0.3 is 10.2 Å². The van der Waals surface area contributed by atoms with E-state index in [2.05, 4.69) is 5.32 Å². The maximum absolute atomic E-state index is 13.0. The van der Waals surface area contributed by atoms with Gasteiger partial charge in [0.25, 0.3) is 11.8 Å². The summed E-state index contributed by atoms with van der Waals surface area (Å²) in [6.45, 7) is 3.10. The van der Waals surface area contributed by atoms with Crippen LogP contribution in [0.2, 0.25) is 0 Å². The van der Waals surface area contributed by atoms with Gasteiger partial charge in [0.15, 0.2) is 0 Å². The molecule has 2 aromatic rings. The van der Waals surface area contributed by atoms with Crippen LogP contribution < -0.4 is 5.32 Å². The maximum Gasteiger partial charge on any atom is 0.325 e. The lowest BCUT2D eigenvalue weighted by atomic mass is 9.87. The minimum absolute atomic E-state index is 0.0311. The van der Waals surface area contributed by atoms with Gasteiger partial charge in [-0.05, 0) is 37.5 Å². The van der Waals surface area contributed by atoms with Crippen molar-refractivity contribution in [1.29, 1.82) is 0 Å². The molecule has 6 nitrogen and oxygen atoms in total. The fraction of sp³-hybridized carbons (Fsp3) is 0.318. The van der Waals surface area contributed by atoms with Gasteiger partial charge in [-0.2, -0.15) is 0 Å². The number of piperidine rings is 1. The molecule has 0 aliphatic carbocycles. The Balaban J connectivity index is 1.44. The first-order chi connectivity index (χ1) is 13.5. The summed E-state index contributed by atoms with van der Waals surface area (Å²) in [7, 11) is 0. The first kappa shape index (κ1) is 18.2. The van der Waals surface area contributed by atoms with Gasteiger partial charge in [0, 0.05) is 18.7 Å². The normalized spacial score (nSPS) is 18.5. The maximum atomic E-state index is 13.0. The van der Waals surface area contributed by atoms with E-state index in [0.717, 1.165) is 11.1 Å². The SMILES string of the molecule is Cc1cccc(C(=O)N2CCC3(CC2)NC(=O)N(Cc2ccccc2)C3=O)c1. The number of carbonyl (C=O) groups is 3. The molecule has 2 saturated heterocycles. The van der Waals surface area contributed by atoms with Crippen molar-refractivity contribution >= 4 is 17.8 Å². The van der Waals surface area contributed by atoms with Crippen LogP contribution in [0.1, 0.15) is 34.3 Å². The number of urea groups is 1. The van der Waals surface area contributed by atoms with Crippen LogP contribution >= 0.6 is 0 Å². The number of nitrogens with zero attached hydrogens (tertiary/aromatic N) is 2. The molecular formula is C22H23N3O3. The van der Waals surface area contributed by atoms with E-state index in [-0.39, 0.29) is 24.4 Å². The largest absolute Gasteiger partial charge is 0.338 e. The van der Waals surface area contributed by atoms with Crippen LogP contribution in [0.4, 0.5) is 4.79 Å². The molecule has 0 unspecified atom stereocenters. The Kier molecular flexibility index (Phi) is 4.63. The van der Waals surface area contributed by atoms with Gasteiger partial charge in [-0.1, -0.05) is 48.0 Å². The average molecular weight is 377 g/mol. The van der Waals surface area contributed by atoms with Crippen molar-refractivity contribution in [2.24, 2.45) is 0 Å². The summed E-state index contributed by atoms with van der Waals surface area (Å²) in [5, 5.41) is 2.90. The first-order valence-electron chi connectivity index (χ1n) is 9.52. The van der Waals surface area contributed by atoms with Crippen LogP contribution in [0, 0.1) is 6.92 Å². The van der Waals surface area contributed by atoms with E-state index in [0.29, 0.717) is 31.5 Å². The molecule has 0 bridgehead atoms. The predicted octanol–water partition coefficient (Wildman–Crippen LogP) is 2.72. The fourth-order valence-electron chi connectivity index (χ4n) is 3.98. The molecule has 2 heterocycles. The molecule has 1 spiro atoms. The number of hydrogen-bond acceptors (Lipinski definition) is 3. The third kappa shape index (κ3) is 3.26. The van der Waals surface area contributed by atoms with E-state index < -0.39 is 5.54 Å². The summed E-state index contributed by atoms with van der Waals surface area (Å²) >= 11 is 0. The molecule has 2 fully saturated rings. The van der Waals surface area contributed by atoms with E-state index in [1.54, 1.807) is 4.90 Å². The Hall–Kier alpha value is -3.15. The molecule has 144 valence electrons. The fourth-order valence-corrected chi connectivity index (χ4v) is 3.98. The van der Waals surface area contributed by atoms with Gasteiger partial charge in [-0.25, -0.2) is 4.79 Å². The molecule has 1 N–H and O–H groups in total. The summed E-state index contributed by atoms with van der Waals surface area (Å²) in [5.74, 6) is -0.222. The van der Waals surface area contributed by atoms with Gasteiger partial charge in [0.2, 0.25) is 0 Å². The highest BCUT2D eigenvalue weighted by atomic mass is 16.2. The van der Waals surface area contributed by atoms with Crippen LogP contribution in [-0.4, -0.2) is 46.3 Å². The lowest BCUT2D eigenvalue weighted by molar-refractivity contribution is -0.133. The van der Waals surface area contributed by atoms with Crippen molar-refractivity contribution in [2.45, 2.75) is 31.8 Å². The monoisotopic (exact) mass is 377 g/mol. The standard InChI is InChI=1S/C22H23N3O3/c1-16-6-5-9-18(14-16)19(26)24-12-10-22(11-13-24)20(27)25(21(28)23-22)15-17-7-3-2-4-8-17/h2-9,14H,10-13,15H2,1H3,(H,23,28). The minimum atomic E-state index is -0.894. The molecule has 0 aromatic heterocycles. The second-order valence-corrected chi connectivity index (χ2v) is 7.55. The lowest BCUT2D eigenvalue weighted by Crippen LogP contribution is -2.55. The Morgan fingerprint density at radius 1 is 1.04 bits per heavy atom. The Morgan fingerprint density at radius 2 is 1.75 bits per heavy atom. The smallest absolute Gasteiger partial charge is 0.325 e. The zero-order valence-electron chi connectivity index (χ0n) is 15.9. The molecule has 2 aliphatic rings. The molecule has 0 atom stereocenters. The number of imide groups is 1. The molecule has 0 saturated carbocycles. The van der Waals surface area contributed by atoms with E-state index in [9.17, 15) is 14.4 Å². The van der Waals surface area contributed by atoms with Gasteiger partial charge in [0.05, 0.1) is 6.54 Å². The Bertz CT molecular complexity index is 918. The number of hydrogen-bond donors (Lipinski definition) is 1. The van der Waals surface area contributed by atoms with E-state index >= 15 is 0 Å². The number of amides is 4. The van der Waals surface area contributed by atoms with Crippen molar-refractivity contribution in [1.82, 2.24) is 15.1 Å². The van der Waals surface area contributed by atoms with Crippen molar-refractivity contribution in [2.75, 3.05) is 13.1 Å². The number of rotatable bonds is 3. The molecular weight excluding hydrogens is 354 g/mol. The van der Waals surface area contributed by atoms with Gasteiger partial charge >= 0.3 is 6.03 Å². The molecule has 4 amide bonds. The van der Waals surface area contributed by atoms with Crippen molar-refractivity contribution in [3.63, 3.8) is 0 Å². The minimum Gasteiger partial charge on any atom is -0.338 e. The number of nitrogens with one attached hydrogen (secondary N) is 1. The first-order valence-corrected chi connectivity index (χ1v) is 9.52. The number of benzene rings is 2.